The third-order valence-electron chi connectivity index (χ3n) is 8.84. The molecule has 0 aromatic carbocycles. The lowest BCUT2D eigenvalue weighted by atomic mass is 9.79. The first-order chi connectivity index (χ1) is 23.3. The Bertz CT molecular complexity index is 1020. The number of hydrogen-bond acceptors (Lipinski definition) is 0. The zero-order valence-electron chi connectivity index (χ0n) is 30.8. The number of rotatable bonds is 30. The van der Waals surface area contributed by atoms with Crippen LogP contribution in [0.5, 0.6) is 0 Å². The number of unbranched alkanes of at least 4 members (excludes halogenated alkanes) is 12. The number of hydrogen-bond donors (Lipinski definition) is 0. The molecule has 0 aliphatic heterocycles. The van der Waals surface area contributed by atoms with Gasteiger partial charge in [0.05, 0.1) is 5.41 Å². The Morgan fingerprint density at radius 1 is 0.553 bits per heavy atom. The van der Waals surface area contributed by atoms with Gasteiger partial charge in [0.25, 0.3) is 0 Å². The maximum atomic E-state index is 5.54. The van der Waals surface area contributed by atoms with Crippen LogP contribution in [0.25, 0.3) is 0 Å². The average molecular weight is 635 g/mol. The van der Waals surface area contributed by atoms with Crippen LogP contribution in [0.3, 0.4) is 0 Å². The lowest BCUT2D eigenvalue weighted by Gasteiger charge is -2.23. The van der Waals surface area contributed by atoms with Crippen molar-refractivity contribution < 1.29 is 0 Å². The molecule has 0 fully saturated rings. The molecule has 1 aliphatic carbocycles. The van der Waals surface area contributed by atoms with E-state index in [1.54, 1.807) is 0 Å². The van der Waals surface area contributed by atoms with Crippen molar-refractivity contribution in [1.82, 2.24) is 0 Å². The van der Waals surface area contributed by atoms with Crippen molar-refractivity contribution in [2.24, 2.45) is 11.3 Å². The van der Waals surface area contributed by atoms with E-state index < -0.39 is 0 Å². The van der Waals surface area contributed by atoms with Crippen LogP contribution in [0.2, 0.25) is 0 Å². The van der Waals surface area contributed by atoms with Crippen molar-refractivity contribution in [2.75, 3.05) is 0 Å². The van der Waals surface area contributed by atoms with Crippen molar-refractivity contribution in [3.63, 3.8) is 0 Å². The van der Waals surface area contributed by atoms with Crippen molar-refractivity contribution in [1.29, 1.82) is 0 Å². The summed E-state index contributed by atoms with van der Waals surface area (Å²) in [7, 11) is 0. The predicted octanol–water partition coefficient (Wildman–Crippen LogP) is 14.4. The first kappa shape index (κ1) is 42.1. The standard InChI is InChI=1S/C47H70/c1-4-7-10-12-14-16-18-20-22-24-26-28-30-32-34-36-42-47(44-38-40-46(41-45-47)39-9-6-3)43-37-35-33-31-29-27-25-23-21-19-17-15-13-11-8-5-2/h3,7-8,10-11,14-17,20-23,46H,4-5,9,12-13,18-19,24-37,39-40,42-43H2,1-2H3/b10-7-,11-8-,16-14-,17-15-,22-20-,23-21-. The van der Waals surface area contributed by atoms with Gasteiger partial charge in [0.2, 0.25) is 0 Å². The second-order valence-electron chi connectivity index (χ2n) is 13.2. The van der Waals surface area contributed by atoms with Gasteiger partial charge in [0.15, 0.2) is 0 Å². The van der Waals surface area contributed by atoms with E-state index in [9.17, 15) is 0 Å². The highest BCUT2D eigenvalue weighted by Crippen LogP contribution is 2.33. The lowest BCUT2D eigenvalue weighted by molar-refractivity contribution is 0.399. The predicted molar refractivity (Wildman–Crippen MR) is 212 cm³/mol. The van der Waals surface area contributed by atoms with Gasteiger partial charge in [-0.15, -0.1) is 18.3 Å². The minimum atomic E-state index is -0.0953. The molecule has 1 atom stereocenters. The van der Waals surface area contributed by atoms with Crippen LogP contribution in [0, 0.1) is 47.4 Å². The second-order valence-corrected chi connectivity index (χ2v) is 13.2. The Balaban J connectivity index is 2.28. The van der Waals surface area contributed by atoms with Gasteiger partial charge in [-0.25, -0.2) is 0 Å². The van der Waals surface area contributed by atoms with E-state index in [2.05, 4.69) is 116 Å². The smallest absolute Gasteiger partial charge is 0.0918 e. The van der Waals surface area contributed by atoms with Gasteiger partial charge in [-0.05, 0) is 83.5 Å². The summed E-state index contributed by atoms with van der Waals surface area (Å²) < 4.78 is 0. The van der Waals surface area contributed by atoms with Crippen molar-refractivity contribution in [3.8, 4) is 36.0 Å². The molecule has 0 saturated heterocycles. The van der Waals surface area contributed by atoms with E-state index in [4.69, 9.17) is 6.42 Å². The van der Waals surface area contributed by atoms with Gasteiger partial charge < -0.3 is 0 Å². The van der Waals surface area contributed by atoms with Gasteiger partial charge in [0, 0.05) is 18.8 Å². The lowest BCUT2D eigenvalue weighted by Crippen LogP contribution is -2.16. The maximum absolute atomic E-state index is 5.54. The molecule has 0 amide bonds. The largest absolute Gasteiger partial charge is 0.120 e. The molecule has 47 heavy (non-hydrogen) atoms. The summed E-state index contributed by atoms with van der Waals surface area (Å²) in [5.41, 5.74) is -0.0953. The van der Waals surface area contributed by atoms with Crippen LogP contribution in [-0.4, -0.2) is 0 Å². The molecule has 0 heterocycles. The molecule has 0 aromatic rings. The Labute approximate surface area is 293 Å². The van der Waals surface area contributed by atoms with Crippen LogP contribution < -0.4 is 0 Å². The highest BCUT2D eigenvalue weighted by Gasteiger charge is 2.26. The van der Waals surface area contributed by atoms with Crippen LogP contribution in [0.15, 0.2) is 72.9 Å². The normalized spacial score (nSPS) is 16.0. The fourth-order valence-electron chi connectivity index (χ4n) is 5.92. The highest BCUT2D eigenvalue weighted by molar-refractivity contribution is 5.31. The average Bonchev–Trinajstić information content (AvgIpc) is 3.29. The molecule has 0 radical (unpaired) electrons. The summed E-state index contributed by atoms with van der Waals surface area (Å²) in [6, 6.07) is 0. The third kappa shape index (κ3) is 26.8. The summed E-state index contributed by atoms with van der Waals surface area (Å²) in [6.45, 7) is 4.36. The molecular weight excluding hydrogens is 565 g/mol. The molecular formula is C47H70. The van der Waals surface area contributed by atoms with E-state index >= 15 is 0 Å². The maximum Gasteiger partial charge on any atom is 0.0918 e. The summed E-state index contributed by atoms with van der Waals surface area (Å²) in [6.07, 6.45) is 62.6. The molecule has 0 spiro atoms. The van der Waals surface area contributed by atoms with Gasteiger partial charge in [-0.2, -0.15) is 0 Å². The number of allylic oxidation sites excluding steroid dienone is 12. The van der Waals surface area contributed by atoms with Crippen LogP contribution in [0.4, 0.5) is 0 Å². The summed E-state index contributed by atoms with van der Waals surface area (Å²) in [5.74, 6) is 17.7. The second kappa shape index (κ2) is 33.0. The zero-order chi connectivity index (χ0) is 33.8. The molecule has 258 valence electrons. The quantitative estimate of drug-likeness (QED) is 0.0419. The number of terminal acetylenes is 1. The monoisotopic (exact) mass is 635 g/mol. The van der Waals surface area contributed by atoms with E-state index in [1.165, 1.54) is 89.9 Å². The van der Waals surface area contributed by atoms with E-state index in [0.717, 1.165) is 70.6 Å². The minimum Gasteiger partial charge on any atom is -0.120 e. The molecule has 1 unspecified atom stereocenters. The molecule has 0 bridgehead atoms. The van der Waals surface area contributed by atoms with Crippen LogP contribution in [-0.2, 0) is 0 Å². The summed E-state index contributed by atoms with van der Waals surface area (Å²) >= 11 is 0. The highest BCUT2D eigenvalue weighted by atomic mass is 14.3. The molecule has 0 nitrogen and oxygen atoms in total. The van der Waals surface area contributed by atoms with E-state index in [-0.39, 0.29) is 5.41 Å². The Morgan fingerprint density at radius 2 is 0.979 bits per heavy atom. The molecule has 0 saturated carbocycles. The van der Waals surface area contributed by atoms with Crippen LogP contribution >= 0.6 is 0 Å². The minimum absolute atomic E-state index is 0.0953. The fourth-order valence-corrected chi connectivity index (χ4v) is 5.92. The SMILES string of the molecule is C#CCCC1C#CC(CCCCCCCC/C=C\C/C=C\C/C=C\CC)(CCCCCCCC/C=C\C/C=C\C/C=C\CC)C#CC1. The fraction of sp³-hybridized carbons (Fsp3) is 0.617. The molecule has 0 aromatic heterocycles. The van der Waals surface area contributed by atoms with Crippen molar-refractivity contribution >= 4 is 0 Å². The molecule has 1 aliphatic rings. The van der Waals surface area contributed by atoms with Gasteiger partial charge in [0.1, 0.15) is 0 Å². The molecule has 1 rings (SSSR count). The first-order valence-electron chi connectivity index (χ1n) is 19.6. The third-order valence-corrected chi connectivity index (χ3v) is 8.84. The molecule has 0 N–H and O–H groups in total. The van der Waals surface area contributed by atoms with Gasteiger partial charge in [-0.3, -0.25) is 0 Å². The van der Waals surface area contributed by atoms with Crippen molar-refractivity contribution in [2.45, 2.75) is 174 Å². The van der Waals surface area contributed by atoms with E-state index in [1.807, 2.05) is 0 Å². The van der Waals surface area contributed by atoms with Crippen LogP contribution in [0.1, 0.15) is 174 Å². The summed E-state index contributed by atoms with van der Waals surface area (Å²) in [4.78, 5) is 0. The van der Waals surface area contributed by atoms with Gasteiger partial charge in [-0.1, -0.05) is 169 Å². The van der Waals surface area contributed by atoms with Gasteiger partial charge >= 0.3 is 0 Å². The Morgan fingerprint density at radius 3 is 1.45 bits per heavy atom. The first-order valence-corrected chi connectivity index (χ1v) is 19.6. The Hall–Kier alpha value is -2.88. The van der Waals surface area contributed by atoms with E-state index in [0.29, 0.717) is 5.92 Å². The summed E-state index contributed by atoms with van der Waals surface area (Å²) in [5, 5.41) is 0. The van der Waals surface area contributed by atoms with Crippen molar-refractivity contribution in [3.05, 3.63) is 72.9 Å². The topological polar surface area (TPSA) is 0 Å². The zero-order valence-corrected chi connectivity index (χ0v) is 30.8. The molecule has 0 heteroatoms. The Kier molecular flexibility index (Phi) is 29.6.